The van der Waals surface area contributed by atoms with Gasteiger partial charge in [0.2, 0.25) is 5.91 Å². The largest absolute Gasteiger partial charge is 0.487 e. The van der Waals surface area contributed by atoms with E-state index in [1.54, 1.807) is 11.0 Å². The number of para-hydroxylation sites is 2. The van der Waals surface area contributed by atoms with Gasteiger partial charge in [0, 0.05) is 31.5 Å². The standard InChI is InChI=1S/C36H43N3O5/c1-3-25-15-16-32-27(19-25)29(21-36(44-32)17-9-10-18-36)37-22-31(41)28(20-26-11-5-4-6-12-26)38-35(42)34-23-39(24(2)40)30-13-7-8-14-33(30)43-34/h4-8,11-16,19,28-29,31,34,37,41H,3,9-10,17-18,20-23H2,1-2H3,(H,38,42)/t28-,29-,31+,34-/m0/s1. The molecule has 3 aromatic carbocycles. The van der Waals surface area contributed by atoms with Gasteiger partial charge in [-0.2, -0.15) is 0 Å². The lowest BCUT2D eigenvalue weighted by Crippen LogP contribution is -2.56. The van der Waals surface area contributed by atoms with Crippen LogP contribution in [0.25, 0.3) is 0 Å². The molecule has 1 spiro atoms. The Balaban J connectivity index is 1.19. The highest BCUT2D eigenvalue weighted by Crippen LogP contribution is 2.47. The number of aliphatic hydroxyl groups is 1. The number of ether oxygens (including phenoxy) is 2. The average molecular weight is 598 g/mol. The molecule has 2 aliphatic heterocycles. The number of nitrogens with one attached hydrogen (secondary N) is 2. The van der Waals surface area contributed by atoms with Gasteiger partial charge in [-0.25, -0.2) is 0 Å². The molecule has 2 heterocycles. The lowest BCUT2D eigenvalue weighted by molar-refractivity contribution is -0.129. The topological polar surface area (TPSA) is 100 Å². The summed E-state index contributed by atoms with van der Waals surface area (Å²) in [6.45, 7) is 4.03. The highest BCUT2D eigenvalue weighted by atomic mass is 16.5. The number of carbonyl (C=O) groups excluding carboxylic acids is 2. The van der Waals surface area contributed by atoms with Gasteiger partial charge in [-0.3, -0.25) is 9.59 Å². The number of hydrogen-bond donors (Lipinski definition) is 3. The molecule has 0 radical (unpaired) electrons. The average Bonchev–Trinajstić information content (AvgIpc) is 3.49. The van der Waals surface area contributed by atoms with E-state index < -0.39 is 18.2 Å². The number of hydrogen-bond acceptors (Lipinski definition) is 6. The number of benzene rings is 3. The molecular formula is C36H43N3O5. The molecule has 8 heteroatoms. The Morgan fingerprint density at radius 2 is 1.75 bits per heavy atom. The SMILES string of the molecule is CCc1ccc2c(c1)[C@@H](NC[C@@H](O)[C@H](Cc1ccccc1)NC(=O)[C@@H]1CN(C(C)=O)c3ccccc3O1)CC1(CCCC1)O2. The molecule has 1 aliphatic carbocycles. The maximum atomic E-state index is 13.7. The van der Waals surface area contributed by atoms with E-state index in [2.05, 4.69) is 35.8 Å². The van der Waals surface area contributed by atoms with Crippen LogP contribution in [-0.2, 0) is 22.4 Å². The van der Waals surface area contributed by atoms with Crippen LogP contribution < -0.4 is 25.0 Å². The number of aliphatic hydroxyl groups excluding tert-OH is 1. The van der Waals surface area contributed by atoms with Gasteiger partial charge in [-0.15, -0.1) is 0 Å². The third-order valence-corrected chi connectivity index (χ3v) is 9.39. The molecular weight excluding hydrogens is 554 g/mol. The Hall–Kier alpha value is -3.88. The van der Waals surface area contributed by atoms with Gasteiger partial charge in [0.25, 0.3) is 5.91 Å². The molecule has 232 valence electrons. The van der Waals surface area contributed by atoms with Gasteiger partial charge in [0.1, 0.15) is 17.1 Å². The van der Waals surface area contributed by atoms with Crippen LogP contribution in [0.15, 0.2) is 72.8 Å². The van der Waals surface area contributed by atoms with Crippen molar-refractivity contribution in [2.45, 2.75) is 88.7 Å². The smallest absolute Gasteiger partial charge is 0.263 e. The van der Waals surface area contributed by atoms with Crippen LogP contribution in [0.5, 0.6) is 11.5 Å². The van der Waals surface area contributed by atoms with Crippen LogP contribution in [0.2, 0.25) is 0 Å². The van der Waals surface area contributed by atoms with Gasteiger partial charge in [-0.1, -0.05) is 61.5 Å². The van der Waals surface area contributed by atoms with Crippen LogP contribution in [0, 0.1) is 0 Å². The van der Waals surface area contributed by atoms with Crippen molar-refractivity contribution < 1.29 is 24.2 Å². The van der Waals surface area contributed by atoms with Crippen molar-refractivity contribution in [2.75, 3.05) is 18.0 Å². The molecule has 0 bridgehead atoms. The number of nitrogens with zero attached hydrogens (tertiary/aromatic N) is 1. The van der Waals surface area contributed by atoms with Gasteiger partial charge < -0.3 is 30.1 Å². The summed E-state index contributed by atoms with van der Waals surface area (Å²) in [6, 6.07) is 23.0. The fourth-order valence-electron chi connectivity index (χ4n) is 6.95. The van der Waals surface area contributed by atoms with Gasteiger partial charge in [0.05, 0.1) is 24.4 Å². The molecule has 0 unspecified atom stereocenters. The third-order valence-electron chi connectivity index (χ3n) is 9.39. The van der Waals surface area contributed by atoms with Crippen LogP contribution in [0.3, 0.4) is 0 Å². The van der Waals surface area contributed by atoms with E-state index in [9.17, 15) is 14.7 Å². The summed E-state index contributed by atoms with van der Waals surface area (Å²) in [6.07, 6.45) is 4.87. The Morgan fingerprint density at radius 1 is 1.00 bits per heavy atom. The molecule has 3 aromatic rings. The van der Waals surface area contributed by atoms with E-state index in [1.807, 2.05) is 48.5 Å². The minimum absolute atomic E-state index is 0.0355. The fraction of sp³-hybridized carbons (Fsp3) is 0.444. The van der Waals surface area contributed by atoms with E-state index in [0.29, 0.717) is 24.4 Å². The van der Waals surface area contributed by atoms with Crippen molar-refractivity contribution in [1.29, 1.82) is 0 Å². The molecule has 3 N–H and O–H groups in total. The van der Waals surface area contributed by atoms with E-state index in [0.717, 1.165) is 55.4 Å². The van der Waals surface area contributed by atoms with Gasteiger partial charge in [-0.05, 0) is 67.9 Å². The van der Waals surface area contributed by atoms with Gasteiger partial charge in [0.15, 0.2) is 6.10 Å². The molecule has 4 atom stereocenters. The molecule has 1 saturated carbocycles. The van der Waals surface area contributed by atoms with Crippen molar-refractivity contribution in [3.05, 3.63) is 89.5 Å². The maximum Gasteiger partial charge on any atom is 0.263 e. The predicted octanol–water partition coefficient (Wildman–Crippen LogP) is 4.88. The maximum absolute atomic E-state index is 13.7. The zero-order valence-electron chi connectivity index (χ0n) is 25.6. The highest BCUT2D eigenvalue weighted by Gasteiger charge is 2.43. The van der Waals surface area contributed by atoms with E-state index in [4.69, 9.17) is 9.47 Å². The van der Waals surface area contributed by atoms with Crippen LogP contribution >= 0.6 is 0 Å². The Kier molecular flexibility index (Phi) is 8.91. The minimum atomic E-state index is -0.899. The third kappa shape index (κ3) is 6.47. The molecule has 0 saturated heterocycles. The molecule has 0 aromatic heterocycles. The number of amides is 2. The molecule has 8 nitrogen and oxygen atoms in total. The van der Waals surface area contributed by atoms with Crippen LogP contribution in [0.4, 0.5) is 5.69 Å². The summed E-state index contributed by atoms with van der Waals surface area (Å²) in [5, 5.41) is 18.4. The molecule has 6 rings (SSSR count). The Bertz CT molecular complexity index is 1470. The van der Waals surface area contributed by atoms with E-state index in [-0.39, 0.29) is 30.0 Å². The first-order valence-corrected chi connectivity index (χ1v) is 16.0. The van der Waals surface area contributed by atoms with Crippen LogP contribution in [0.1, 0.15) is 68.7 Å². The molecule has 1 fully saturated rings. The highest BCUT2D eigenvalue weighted by molar-refractivity contribution is 5.96. The summed E-state index contributed by atoms with van der Waals surface area (Å²) in [7, 11) is 0. The molecule has 3 aliphatic rings. The first-order valence-electron chi connectivity index (χ1n) is 16.0. The minimum Gasteiger partial charge on any atom is -0.487 e. The van der Waals surface area contributed by atoms with Crippen molar-refractivity contribution >= 4 is 17.5 Å². The number of rotatable bonds is 9. The summed E-state index contributed by atoms with van der Waals surface area (Å²) in [5.74, 6) is 0.897. The molecule has 2 amide bonds. The zero-order chi connectivity index (χ0) is 30.7. The second kappa shape index (κ2) is 13.0. The Morgan fingerprint density at radius 3 is 2.50 bits per heavy atom. The number of anilines is 1. The Labute approximate surface area is 259 Å². The van der Waals surface area contributed by atoms with E-state index in [1.165, 1.54) is 12.5 Å². The summed E-state index contributed by atoms with van der Waals surface area (Å²) >= 11 is 0. The second-order valence-corrected chi connectivity index (χ2v) is 12.5. The predicted molar refractivity (Wildman–Crippen MR) is 170 cm³/mol. The van der Waals surface area contributed by atoms with Crippen molar-refractivity contribution in [2.24, 2.45) is 0 Å². The fourth-order valence-corrected chi connectivity index (χ4v) is 6.95. The lowest BCUT2D eigenvalue weighted by Gasteiger charge is -2.41. The number of aryl methyl sites for hydroxylation is 1. The van der Waals surface area contributed by atoms with Crippen LogP contribution in [-0.4, -0.2) is 53.9 Å². The summed E-state index contributed by atoms with van der Waals surface area (Å²) < 4.78 is 12.7. The molecule has 44 heavy (non-hydrogen) atoms. The summed E-state index contributed by atoms with van der Waals surface area (Å²) in [5.41, 5.74) is 3.88. The second-order valence-electron chi connectivity index (χ2n) is 12.5. The lowest BCUT2D eigenvalue weighted by atomic mass is 9.85. The van der Waals surface area contributed by atoms with Gasteiger partial charge >= 0.3 is 0 Å². The van der Waals surface area contributed by atoms with Crippen molar-refractivity contribution in [1.82, 2.24) is 10.6 Å². The van der Waals surface area contributed by atoms with Crippen molar-refractivity contribution in [3.63, 3.8) is 0 Å². The number of carbonyl (C=O) groups is 2. The first kappa shape index (κ1) is 30.2. The quantitative estimate of drug-likeness (QED) is 0.325. The monoisotopic (exact) mass is 597 g/mol. The first-order chi connectivity index (χ1) is 21.3. The number of fused-ring (bicyclic) bond motifs is 2. The zero-order valence-corrected chi connectivity index (χ0v) is 25.6. The van der Waals surface area contributed by atoms with E-state index >= 15 is 0 Å². The normalized spacial score (nSPS) is 21.4. The van der Waals surface area contributed by atoms with Crippen molar-refractivity contribution in [3.8, 4) is 11.5 Å². The summed E-state index contributed by atoms with van der Waals surface area (Å²) in [4.78, 5) is 27.7.